The third-order valence-corrected chi connectivity index (χ3v) is 6.03. The van der Waals surface area contributed by atoms with E-state index < -0.39 is 11.2 Å². The molecule has 0 amide bonds. The van der Waals surface area contributed by atoms with Gasteiger partial charge in [-0.15, -0.1) is 0 Å². The van der Waals surface area contributed by atoms with E-state index >= 15 is 0 Å². The molecular formula is C14H22O3. The molecule has 96 valence electrons. The van der Waals surface area contributed by atoms with Crippen molar-refractivity contribution in [2.24, 2.45) is 11.3 Å². The Kier molecular flexibility index (Phi) is 1.64. The summed E-state index contributed by atoms with van der Waals surface area (Å²) in [6.07, 6.45) is 3.96. The second kappa shape index (κ2) is 2.59. The van der Waals surface area contributed by atoms with Crippen molar-refractivity contribution in [3.63, 3.8) is 0 Å². The van der Waals surface area contributed by atoms with Gasteiger partial charge in [-0.25, -0.2) is 0 Å². The summed E-state index contributed by atoms with van der Waals surface area (Å²) < 4.78 is 12.3. The standard InChI is InChI=1S/C14H22O3/c1-9-4-5-12(15)6-7-16-13(12)8-11(2,3)10-14(9,13)17-10/h9-10,15H,4-8H2,1-3H3/t9-,10-,12+,13+,14-/m1/s1. The predicted molar refractivity (Wildman–Crippen MR) is 62.6 cm³/mol. The second-order valence-corrected chi connectivity index (χ2v) is 7.35. The van der Waals surface area contributed by atoms with Crippen LogP contribution in [0.2, 0.25) is 0 Å². The molecule has 1 N–H and O–H groups in total. The Hall–Kier alpha value is -0.120. The lowest BCUT2D eigenvalue weighted by atomic mass is 9.62. The van der Waals surface area contributed by atoms with E-state index in [9.17, 15) is 5.11 Å². The van der Waals surface area contributed by atoms with Crippen molar-refractivity contribution in [1.29, 1.82) is 0 Å². The summed E-state index contributed by atoms with van der Waals surface area (Å²) >= 11 is 0. The summed E-state index contributed by atoms with van der Waals surface area (Å²) in [7, 11) is 0. The van der Waals surface area contributed by atoms with Gasteiger partial charge >= 0.3 is 0 Å². The molecule has 0 aromatic heterocycles. The van der Waals surface area contributed by atoms with Crippen molar-refractivity contribution < 1.29 is 14.6 Å². The van der Waals surface area contributed by atoms with Gasteiger partial charge in [-0.3, -0.25) is 0 Å². The predicted octanol–water partition coefficient (Wildman–Crippen LogP) is 1.87. The van der Waals surface area contributed by atoms with Crippen LogP contribution in [0.4, 0.5) is 0 Å². The number of hydrogen-bond donors (Lipinski definition) is 1. The van der Waals surface area contributed by atoms with E-state index in [1.807, 2.05) is 0 Å². The summed E-state index contributed by atoms with van der Waals surface area (Å²) in [5.74, 6) is 0.507. The second-order valence-electron chi connectivity index (χ2n) is 7.35. The Bertz CT molecular complexity index is 393. The normalized spacial score (nSPS) is 62.8. The molecule has 0 radical (unpaired) electrons. The number of epoxide rings is 1. The average molecular weight is 238 g/mol. The summed E-state index contributed by atoms with van der Waals surface area (Å²) in [6, 6.07) is 0. The van der Waals surface area contributed by atoms with E-state index in [0.717, 1.165) is 25.7 Å². The average Bonchev–Trinajstić information content (AvgIpc) is 2.87. The zero-order valence-corrected chi connectivity index (χ0v) is 11.0. The van der Waals surface area contributed by atoms with Crippen molar-refractivity contribution in [2.75, 3.05) is 6.61 Å². The molecule has 4 aliphatic rings. The fourth-order valence-corrected chi connectivity index (χ4v) is 5.27. The fourth-order valence-electron chi connectivity index (χ4n) is 5.27. The third kappa shape index (κ3) is 0.882. The monoisotopic (exact) mass is 238 g/mol. The summed E-state index contributed by atoms with van der Waals surface area (Å²) in [6.45, 7) is 7.48. The Morgan fingerprint density at radius 2 is 2.00 bits per heavy atom. The Morgan fingerprint density at radius 3 is 2.71 bits per heavy atom. The zero-order valence-electron chi connectivity index (χ0n) is 11.0. The third-order valence-electron chi connectivity index (χ3n) is 6.03. The smallest absolute Gasteiger partial charge is 0.129 e. The molecular weight excluding hydrogens is 216 g/mol. The van der Waals surface area contributed by atoms with Gasteiger partial charge in [0.2, 0.25) is 0 Å². The molecule has 3 heteroatoms. The maximum Gasteiger partial charge on any atom is 0.129 e. The lowest BCUT2D eigenvalue weighted by Gasteiger charge is -2.50. The molecule has 0 bridgehead atoms. The van der Waals surface area contributed by atoms with Gasteiger partial charge in [-0.2, -0.15) is 0 Å². The van der Waals surface area contributed by atoms with Crippen molar-refractivity contribution >= 4 is 0 Å². The van der Waals surface area contributed by atoms with Gasteiger partial charge in [0.25, 0.3) is 0 Å². The Labute approximate surface area is 102 Å². The van der Waals surface area contributed by atoms with E-state index in [1.54, 1.807) is 0 Å². The van der Waals surface area contributed by atoms with Crippen LogP contribution < -0.4 is 0 Å². The van der Waals surface area contributed by atoms with Crippen LogP contribution in [0.3, 0.4) is 0 Å². The molecule has 0 aromatic rings. The van der Waals surface area contributed by atoms with Crippen molar-refractivity contribution in [3.05, 3.63) is 0 Å². The van der Waals surface area contributed by atoms with E-state index in [2.05, 4.69) is 20.8 Å². The number of ether oxygens (including phenoxy) is 2. The highest BCUT2D eigenvalue weighted by molar-refractivity contribution is 5.36. The number of aliphatic hydroxyl groups is 1. The lowest BCUT2D eigenvalue weighted by Crippen LogP contribution is -2.64. The highest BCUT2D eigenvalue weighted by Crippen LogP contribution is 2.75. The van der Waals surface area contributed by atoms with Gasteiger partial charge in [0.1, 0.15) is 11.2 Å². The van der Waals surface area contributed by atoms with Crippen LogP contribution in [0.5, 0.6) is 0 Å². The van der Waals surface area contributed by atoms with Gasteiger partial charge < -0.3 is 14.6 Å². The first-order valence-corrected chi connectivity index (χ1v) is 6.92. The first-order valence-electron chi connectivity index (χ1n) is 6.92. The van der Waals surface area contributed by atoms with Crippen LogP contribution in [-0.2, 0) is 9.47 Å². The van der Waals surface area contributed by atoms with Crippen molar-refractivity contribution in [2.45, 2.75) is 69.4 Å². The molecule has 4 rings (SSSR count). The van der Waals surface area contributed by atoms with Crippen LogP contribution in [0.1, 0.15) is 46.5 Å². The molecule has 0 unspecified atom stereocenters. The summed E-state index contributed by atoms with van der Waals surface area (Å²) in [5, 5.41) is 11.0. The molecule has 2 saturated heterocycles. The highest BCUT2D eigenvalue weighted by Gasteiger charge is 2.88. The number of rotatable bonds is 0. The molecule has 2 aliphatic heterocycles. The van der Waals surface area contributed by atoms with Crippen LogP contribution in [-0.4, -0.2) is 34.6 Å². The molecule has 2 saturated carbocycles. The first-order chi connectivity index (χ1) is 7.88. The quantitative estimate of drug-likeness (QED) is 0.655. The Balaban J connectivity index is 1.90. The minimum atomic E-state index is -0.637. The van der Waals surface area contributed by atoms with Gasteiger partial charge in [0.05, 0.1) is 18.3 Å². The molecule has 2 heterocycles. The molecule has 3 nitrogen and oxygen atoms in total. The van der Waals surface area contributed by atoms with Gasteiger partial charge in [-0.1, -0.05) is 20.8 Å². The van der Waals surface area contributed by atoms with Crippen LogP contribution in [0, 0.1) is 11.3 Å². The molecule has 2 aliphatic carbocycles. The maximum absolute atomic E-state index is 11.0. The lowest BCUT2D eigenvalue weighted by molar-refractivity contribution is -0.204. The van der Waals surface area contributed by atoms with Crippen molar-refractivity contribution in [1.82, 2.24) is 0 Å². The molecule has 0 aromatic carbocycles. The van der Waals surface area contributed by atoms with Crippen LogP contribution >= 0.6 is 0 Å². The Morgan fingerprint density at radius 1 is 1.24 bits per heavy atom. The van der Waals surface area contributed by atoms with E-state index in [-0.39, 0.29) is 17.1 Å². The van der Waals surface area contributed by atoms with E-state index in [0.29, 0.717) is 12.5 Å². The molecule has 4 fully saturated rings. The van der Waals surface area contributed by atoms with E-state index in [1.165, 1.54) is 0 Å². The SMILES string of the molecule is C[C@@H]1CC[C@]2(O)CCO[C@@]23CC(C)(C)[C@H]2O[C@]123. The van der Waals surface area contributed by atoms with Gasteiger partial charge in [0, 0.05) is 6.42 Å². The molecule has 5 atom stereocenters. The fraction of sp³-hybridized carbons (Fsp3) is 1.00. The largest absolute Gasteiger partial charge is 0.387 e. The topological polar surface area (TPSA) is 42.0 Å². The first kappa shape index (κ1) is 10.8. The summed E-state index contributed by atoms with van der Waals surface area (Å²) in [5.41, 5.74) is -1.09. The van der Waals surface area contributed by atoms with Crippen LogP contribution in [0.15, 0.2) is 0 Å². The minimum Gasteiger partial charge on any atom is -0.387 e. The molecule has 17 heavy (non-hydrogen) atoms. The van der Waals surface area contributed by atoms with Gasteiger partial charge in [0.15, 0.2) is 0 Å². The highest BCUT2D eigenvalue weighted by atomic mass is 16.7. The van der Waals surface area contributed by atoms with Crippen LogP contribution in [0.25, 0.3) is 0 Å². The summed E-state index contributed by atoms with van der Waals surface area (Å²) in [4.78, 5) is 0. The number of hydrogen-bond acceptors (Lipinski definition) is 3. The zero-order chi connectivity index (χ0) is 12.1. The van der Waals surface area contributed by atoms with Gasteiger partial charge in [-0.05, 0) is 30.6 Å². The van der Waals surface area contributed by atoms with Crippen molar-refractivity contribution in [3.8, 4) is 0 Å². The van der Waals surface area contributed by atoms with E-state index in [4.69, 9.17) is 9.47 Å². The maximum atomic E-state index is 11.0. The molecule has 2 spiro atoms. The minimum absolute atomic E-state index is 0.136.